The van der Waals surface area contributed by atoms with Gasteiger partial charge in [-0.25, -0.2) is 4.39 Å². The summed E-state index contributed by atoms with van der Waals surface area (Å²) in [4.78, 5) is 12.1. The normalized spacial score (nSPS) is 19.3. The van der Waals surface area contributed by atoms with Crippen molar-refractivity contribution in [2.24, 2.45) is 10.2 Å². The highest BCUT2D eigenvalue weighted by molar-refractivity contribution is 8.15. The van der Waals surface area contributed by atoms with Crippen molar-refractivity contribution in [3.05, 3.63) is 70.5 Å². The van der Waals surface area contributed by atoms with Gasteiger partial charge in [-0.3, -0.25) is 4.79 Å². The maximum Gasteiger partial charge on any atom is 0.239 e. The van der Waals surface area contributed by atoms with E-state index in [0.29, 0.717) is 22.3 Å². The molecule has 1 saturated heterocycles. The molecule has 1 fully saturated rings. The van der Waals surface area contributed by atoms with Crippen molar-refractivity contribution in [1.29, 1.82) is 0 Å². The molecule has 0 aromatic heterocycles. The van der Waals surface area contributed by atoms with Crippen LogP contribution in [-0.2, 0) is 11.2 Å². The SMILES string of the molecule is CC(=N/N=C1\NC(=O)C(Cc2ccc(Cl)cc2)S1)c1ccc(F)cc1. The molecule has 25 heavy (non-hydrogen) atoms. The summed E-state index contributed by atoms with van der Waals surface area (Å²) < 4.78 is 12.9. The summed E-state index contributed by atoms with van der Waals surface area (Å²) in [6, 6.07) is 13.4. The Balaban J connectivity index is 1.66. The van der Waals surface area contributed by atoms with Crippen LogP contribution in [0.2, 0.25) is 5.02 Å². The zero-order chi connectivity index (χ0) is 17.8. The van der Waals surface area contributed by atoms with E-state index in [9.17, 15) is 9.18 Å². The highest BCUT2D eigenvalue weighted by atomic mass is 35.5. The number of nitrogens with one attached hydrogen (secondary N) is 1. The van der Waals surface area contributed by atoms with Gasteiger partial charge < -0.3 is 5.32 Å². The number of halogens is 2. The standard InChI is InChI=1S/C18H15ClFN3OS/c1-11(13-4-8-15(20)9-5-13)22-23-18-21-17(24)16(25-18)10-12-2-6-14(19)7-3-12/h2-9,16H,10H2,1H3,(H,21,23,24). The van der Waals surface area contributed by atoms with Crippen LogP contribution in [0.25, 0.3) is 0 Å². The maximum absolute atomic E-state index is 12.9. The van der Waals surface area contributed by atoms with E-state index in [2.05, 4.69) is 15.5 Å². The van der Waals surface area contributed by atoms with E-state index in [1.165, 1.54) is 23.9 Å². The molecule has 3 rings (SSSR count). The van der Waals surface area contributed by atoms with Gasteiger partial charge in [0.25, 0.3) is 0 Å². The molecule has 7 heteroatoms. The molecular weight excluding hydrogens is 361 g/mol. The minimum atomic E-state index is -0.300. The Kier molecular flexibility index (Phi) is 5.50. The van der Waals surface area contributed by atoms with Crippen LogP contribution in [0.4, 0.5) is 4.39 Å². The summed E-state index contributed by atoms with van der Waals surface area (Å²) in [6.07, 6.45) is 0.591. The lowest BCUT2D eigenvalue weighted by Gasteiger charge is -2.05. The molecule has 2 aromatic carbocycles. The van der Waals surface area contributed by atoms with Crippen LogP contribution in [0.5, 0.6) is 0 Å². The van der Waals surface area contributed by atoms with Crippen molar-refractivity contribution < 1.29 is 9.18 Å². The summed E-state index contributed by atoms with van der Waals surface area (Å²) in [7, 11) is 0. The van der Waals surface area contributed by atoms with Gasteiger partial charge in [0, 0.05) is 5.02 Å². The molecule has 1 unspecified atom stereocenters. The largest absolute Gasteiger partial charge is 0.303 e. The number of hydrogen-bond acceptors (Lipinski definition) is 4. The van der Waals surface area contributed by atoms with Gasteiger partial charge in [0.2, 0.25) is 5.91 Å². The quantitative estimate of drug-likeness (QED) is 0.647. The monoisotopic (exact) mass is 375 g/mol. The third kappa shape index (κ3) is 4.67. The molecule has 1 amide bonds. The summed E-state index contributed by atoms with van der Waals surface area (Å²) in [5.41, 5.74) is 2.45. The first-order chi connectivity index (χ1) is 12.0. The van der Waals surface area contributed by atoms with E-state index >= 15 is 0 Å². The van der Waals surface area contributed by atoms with Crippen molar-refractivity contribution in [3.63, 3.8) is 0 Å². The Hall–Kier alpha value is -2.18. The molecule has 0 radical (unpaired) electrons. The molecular formula is C18H15ClFN3OS. The Morgan fingerprint density at radius 1 is 1.20 bits per heavy atom. The average Bonchev–Trinajstić information content (AvgIpc) is 2.95. The predicted octanol–water partition coefficient (Wildman–Crippen LogP) is 4.03. The highest BCUT2D eigenvalue weighted by Gasteiger charge is 2.30. The Labute approximate surface area is 154 Å². The van der Waals surface area contributed by atoms with Crippen LogP contribution >= 0.6 is 23.4 Å². The van der Waals surface area contributed by atoms with Crippen molar-refractivity contribution in [1.82, 2.24) is 5.32 Å². The minimum absolute atomic E-state index is 0.0895. The van der Waals surface area contributed by atoms with E-state index in [1.54, 1.807) is 31.2 Å². The van der Waals surface area contributed by atoms with E-state index < -0.39 is 0 Å². The van der Waals surface area contributed by atoms with Crippen LogP contribution in [0.1, 0.15) is 18.1 Å². The van der Waals surface area contributed by atoms with Crippen molar-refractivity contribution in [2.75, 3.05) is 0 Å². The van der Waals surface area contributed by atoms with Gasteiger partial charge >= 0.3 is 0 Å². The van der Waals surface area contributed by atoms with Gasteiger partial charge in [0.15, 0.2) is 5.17 Å². The first kappa shape index (κ1) is 17.6. The second kappa shape index (κ2) is 7.80. The lowest BCUT2D eigenvalue weighted by molar-refractivity contribution is -0.118. The number of hydrogen-bond donors (Lipinski definition) is 1. The summed E-state index contributed by atoms with van der Waals surface area (Å²) >= 11 is 7.22. The average molecular weight is 376 g/mol. The lowest BCUT2D eigenvalue weighted by atomic mass is 10.1. The minimum Gasteiger partial charge on any atom is -0.303 e. The number of rotatable bonds is 4. The highest BCUT2D eigenvalue weighted by Crippen LogP contribution is 2.24. The molecule has 0 aliphatic carbocycles. The van der Waals surface area contributed by atoms with E-state index in [0.717, 1.165) is 11.1 Å². The molecule has 1 aliphatic heterocycles. The molecule has 128 valence electrons. The van der Waals surface area contributed by atoms with E-state index in [1.807, 2.05) is 12.1 Å². The Bertz CT molecular complexity index is 834. The number of amidine groups is 1. The molecule has 1 aliphatic rings. The van der Waals surface area contributed by atoms with Crippen LogP contribution in [0.15, 0.2) is 58.7 Å². The van der Waals surface area contributed by atoms with Crippen LogP contribution in [-0.4, -0.2) is 22.0 Å². The van der Waals surface area contributed by atoms with Crippen LogP contribution < -0.4 is 5.32 Å². The van der Waals surface area contributed by atoms with Gasteiger partial charge in [-0.05, 0) is 48.7 Å². The molecule has 1 heterocycles. The Morgan fingerprint density at radius 3 is 2.56 bits per heavy atom. The molecule has 4 nitrogen and oxygen atoms in total. The van der Waals surface area contributed by atoms with Crippen LogP contribution in [0.3, 0.4) is 0 Å². The lowest BCUT2D eigenvalue weighted by Crippen LogP contribution is -2.25. The van der Waals surface area contributed by atoms with E-state index in [4.69, 9.17) is 11.6 Å². The maximum atomic E-state index is 12.9. The van der Waals surface area contributed by atoms with Crippen molar-refractivity contribution in [2.45, 2.75) is 18.6 Å². The van der Waals surface area contributed by atoms with Gasteiger partial charge in [-0.15, -0.1) is 5.10 Å². The number of carbonyl (C=O) groups is 1. The summed E-state index contributed by atoms with van der Waals surface area (Å²) in [6.45, 7) is 1.78. The molecule has 1 atom stereocenters. The van der Waals surface area contributed by atoms with Crippen LogP contribution in [0, 0.1) is 5.82 Å². The number of carbonyl (C=O) groups excluding carboxylic acids is 1. The van der Waals surface area contributed by atoms with E-state index in [-0.39, 0.29) is 17.0 Å². The predicted molar refractivity (Wildman–Crippen MR) is 101 cm³/mol. The Morgan fingerprint density at radius 2 is 1.88 bits per heavy atom. The molecule has 2 aromatic rings. The summed E-state index contributed by atoms with van der Waals surface area (Å²) in [5, 5.41) is 11.8. The number of thioether (sulfide) groups is 1. The number of nitrogens with zero attached hydrogens (tertiary/aromatic N) is 2. The summed E-state index contributed by atoms with van der Waals surface area (Å²) in [5.74, 6) is -0.389. The third-order valence-corrected chi connectivity index (χ3v) is 4.99. The van der Waals surface area contributed by atoms with Gasteiger partial charge in [-0.2, -0.15) is 5.10 Å². The molecule has 0 spiro atoms. The first-order valence-electron chi connectivity index (χ1n) is 7.61. The molecule has 0 saturated carbocycles. The van der Waals surface area contributed by atoms with Crippen molar-refractivity contribution in [3.8, 4) is 0 Å². The van der Waals surface area contributed by atoms with Gasteiger partial charge in [0.05, 0.1) is 11.0 Å². The third-order valence-electron chi connectivity index (χ3n) is 3.66. The molecule has 0 bridgehead atoms. The number of amides is 1. The van der Waals surface area contributed by atoms with Crippen molar-refractivity contribution >= 4 is 40.1 Å². The zero-order valence-corrected chi connectivity index (χ0v) is 14.9. The number of benzene rings is 2. The fraction of sp³-hybridized carbons (Fsp3) is 0.167. The molecule has 1 N–H and O–H groups in total. The van der Waals surface area contributed by atoms with Gasteiger partial charge in [0.1, 0.15) is 5.82 Å². The second-order valence-corrected chi connectivity index (χ2v) is 7.15. The topological polar surface area (TPSA) is 53.8 Å². The van der Waals surface area contributed by atoms with Gasteiger partial charge in [-0.1, -0.05) is 47.6 Å². The second-order valence-electron chi connectivity index (χ2n) is 5.52. The first-order valence-corrected chi connectivity index (χ1v) is 8.87. The smallest absolute Gasteiger partial charge is 0.239 e. The fourth-order valence-corrected chi connectivity index (χ4v) is 3.38. The fourth-order valence-electron chi connectivity index (χ4n) is 2.29. The zero-order valence-electron chi connectivity index (χ0n) is 13.4.